The summed E-state index contributed by atoms with van der Waals surface area (Å²) in [6.45, 7) is 5.97. The summed E-state index contributed by atoms with van der Waals surface area (Å²) in [7, 11) is 2.09. The topological polar surface area (TPSA) is 45.5 Å². The molecule has 2 heterocycles. The van der Waals surface area contributed by atoms with Crippen LogP contribution in [0.4, 0.5) is 0 Å². The summed E-state index contributed by atoms with van der Waals surface area (Å²) in [6, 6.07) is 6.22. The second kappa shape index (κ2) is 5.53. The Morgan fingerprint density at radius 1 is 1.38 bits per heavy atom. The number of furan rings is 1. The number of nitrogens with zero attached hydrogens (tertiary/aromatic N) is 1. The molecule has 0 spiro atoms. The third-order valence-corrected chi connectivity index (χ3v) is 4.33. The summed E-state index contributed by atoms with van der Waals surface area (Å²) in [5.41, 5.74) is 2.81. The van der Waals surface area contributed by atoms with E-state index in [9.17, 15) is 4.79 Å². The molecule has 1 atom stereocenters. The van der Waals surface area contributed by atoms with Gasteiger partial charge in [-0.3, -0.25) is 4.79 Å². The van der Waals surface area contributed by atoms with E-state index in [-0.39, 0.29) is 11.9 Å². The normalized spacial score (nSPS) is 19.9. The molecule has 21 heavy (non-hydrogen) atoms. The molecule has 0 radical (unpaired) electrons. The molecule has 3 rings (SSSR count). The maximum atomic E-state index is 12.5. The fraction of sp³-hybridized carbons (Fsp3) is 0.471. The Hall–Kier alpha value is -1.81. The first kappa shape index (κ1) is 14.1. The Kier molecular flexibility index (Phi) is 3.72. The maximum absolute atomic E-state index is 12.5. The standard InChI is InChI=1S/C17H22N2O2/c1-11-6-4-8-14-12(2)16(21-15(11)14)17(20)18-13-7-5-9-19(3)10-13/h4,6,8,13H,5,7,9-10H2,1-3H3,(H,18,20). The van der Waals surface area contributed by atoms with Crippen LogP contribution >= 0.6 is 0 Å². The number of rotatable bonds is 2. The van der Waals surface area contributed by atoms with E-state index in [4.69, 9.17) is 4.42 Å². The lowest BCUT2D eigenvalue weighted by atomic mass is 10.1. The van der Waals surface area contributed by atoms with Crippen molar-refractivity contribution in [1.82, 2.24) is 10.2 Å². The second-order valence-electron chi connectivity index (χ2n) is 6.08. The molecule has 112 valence electrons. The average molecular weight is 286 g/mol. The lowest BCUT2D eigenvalue weighted by Crippen LogP contribution is -2.46. The van der Waals surface area contributed by atoms with Crippen molar-refractivity contribution in [3.05, 3.63) is 35.1 Å². The van der Waals surface area contributed by atoms with Crippen LogP contribution in [-0.2, 0) is 0 Å². The van der Waals surface area contributed by atoms with Crippen LogP contribution < -0.4 is 5.32 Å². The third-order valence-electron chi connectivity index (χ3n) is 4.33. The van der Waals surface area contributed by atoms with E-state index >= 15 is 0 Å². The number of likely N-dealkylation sites (tertiary alicyclic amines) is 1. The Labute approximate surface area is 125 Å². The minimum Gasteiger partial charge on any atom is -0.450 e. The predicted molar refractivity (Wildman–Crippen MR) is 83.7 cm³/mol. The Morgan fingerprint density at radius 3 is 2.90 bits per heavy atom. The van der Waals surface area contributed by atoms with Gasteiger partial charge in [-0.25, -0.2) is 0 Å². The van der Waals surface area contributed by atoms with Crippen LogP contribution in [0.3, 0.4) is 0 Å². The number of fused-ring (bicyclic) bond motifs is 1. The number of carbonyl (C=O) groups excluding carboxylic acids is 1. The number of piperidine rings is 1. The number of amides is 1. The molecule has 2 aromatic rings. The van der Waals surface area contributed by atoms with Gasteiger partial charge >= 0.3 is 0 Å². The molecule has 0 aliphatic carbocycles. The molecule has 0 saturated carbocycles. The van der Waals surface area contributed by atoms with Gasteiger partial charge in [-0.2, -0.15) is 0 Å². The van der Waals surface area contributed by atoms with E-state index in [0.717, 1.165) is 48.0 Å². The van der Waals surface area contributed by atoms with Gasteiger partial charge in [-0.15, -0.1) is 0 Å². The monoisotopic (exact) mass is 286 g/mol. The van der Waals surface area contributed by atoms with Crippen LogP contribution in [0, 0.1) is 13.8 Å². The zero-order chi connectivity index (χ0) is 15.0. The number of aryl methyl sites for hydroxylation is 2. The number of likely N-dealkylation sites (N-methyl/N-ethyl adjacent to an activating group) is 1. The van der Waals surface area contributed by atoms with Crippen molar-refractivity contribution < 1.29 is 9.21 Å². The van der Waals surface area contributed by atoms with Gasteiger partial charge in [0, 0.05) is 23.5 Å². The SMILES string of the molecule is Cc1c(C(=O)NC2CCCN(C)C2)oc2c(C)cccc12. The summed E-state index contributed by atoms with van der Waals surface area (Å²) < 4.78 is 5.83. The van der Waals surface area contributed by atoms with E-state index in [2.05, 4.69) is 17.3 Å². The number of nitrogens with one attached hydrogen (secondary N) is 1. The maximum Gasteiger partial charge on any atom is 0.287 e. The molecule has 1 aliphatic heterocycles. The van der Waals surface area contributed by atoms with E-state index in [0.29, 0.717) is 5.76 Å². The van der Waals surface area contributed by atoms with Crippen LogP contribution in [0.25, 0.3) is 11.0 Å². The van der Waals surface area contributed by atoms with E-state index in [1.807, 2.05) is 32.0 Å². The minimum absolute atomic E-state index is 0.0941. The van der Waals surface area contributed by atoms with Crippen molar-refractivity contribution in [3.63, 3.8) is 0 Å². The number of carbonyl (C=O) groups is 1. The molecule has 1 aromatic carbocycles. The zero-order valence-electron chi connectivity index (χ0n) is 12.9. The number of hydrogen-bond donors (Lipinski definition) is 1. The van der Waals surface area contributed by atoms with Crippen molar-refractivity contribution in [2.75, 3.05) is 20.1 Å². The van der Waals surface area contributed by atoms with E-state index in [1.54, 1.807) is 0 Å². The molecule has 1 aromatic heterocycles. The number of para-hydroxylation sites is 1. The van der Waals surface area contributed by atoms with Crippen LogP contribution in [0.1, 0.15) is 34.5 Å². The zero-order valence-corrected chi connectivity index (χ0v) is 12.9. The first-order chi connectivity index (χ1) is 10.1. The van der Waals surface area contributed by atoms with Crippen LogP contribution in [-0.4, -0.2) is 37.0 Å². The molecule has 4 nitrogen and oxygen atoms in total. The molecule has 0 bridgehead atoms. The van der Waals surface area contributed by atoms with Crippen LogP contribution in [0.2, 0.25) is 0 Å². The molecule has 4 heteroatoms. The fourth-order valence-electron chi connectivity index (χ4n) is 3.14. The predicted octanol–water partition coefficient (Wildman–Crippen LogP) is 2.87. The lowest BCUT2D eigenvalue weighted by Gasteiger charge is -2.29. The molecule has 1 saturated heterocycles. The minimum atomic E-state index is -0.0941. The Morgan fingerprint density at radius 2 is 2.19 bits per heavy atom. The Balaban J connectivity index is 1.84. The summed E-state index contributed by atoms with van der Waals surface area (Å²) >= 11 is 0. The average Bonchev–Trinajstić information content (AvgIpc) is 2.78. The highest BCUT2D eigenvalue weighted by atomic mass is 16.3. The molecular weight excluding hydrogens is 264 g/mol. The number of hydrogen-bond acceptors (Lipinski definition) is 3. The molecule has 1 N–H and O–H groups in total. The van der Waals surface area contributed by atoms with Crippen molar-refractivity contribution in [3.8, 4) is 0 Å². The van der Waals surface area contributed by atoms with Crippen LogP contribution in [0.5, 0.6) is 0 Å². The molecule has 1 aliphatic rings. The van der Waals surface area contributed by atoms with Gasteiger partial charge in [0.1, 0.15) is 5.58 Å². The third kappa shape index (κ3) is 2.68. The van der Waals surface area contributed by atoms with Gasteiger partial charge in [0.25, 0.3) is 5.91 Å². The quantitative estimate of drug-likeness (QED) is 0.923. The second-order valence-corrected chi connectivity index (χ2v) is 6.08. The summed E-state index contributed by atoms with van der Waals surface area (Å²) in [5, 5.41) is 4.14. The first-order valence-electron chi connectivity index (χ1n) is 7.54. The largest absolute Gasteiger partial charge is 0.450 e. The lowest BCUT2D eigenvalue weighted by molar-refractivity contribution is 0.0886. The summed E-state index contributed by atoms with van der Waals surface area (Å²) in [5.74, 6) is 0.357. The molecule has 1 fully saturated rings. The van der Waals surface area contributed by atoms with Crippen molar-refractivity contribution >= 4 is 16.9 Å². The molecular formula is C17H22N2O2. The molecule has 1 amide bonds. The smallest absolute Gasteiger partial charge is 0.287 e. The summed E-state index contributed by atoms with van der Waals surface area (Å²) in [4.78, 5) is 14.8. The van der Waals surface area contributed by atoms with Crippen molar-refractivity contribution in [1.29, 1.82) is 0 Å². The highest BCUT2D eigenvalue weighted by Gasteiger charge is 2.23. The van der Waals surface area contributed by atoms with Crippen LogP contribution in [0.15, 0.2) is 22.6 Å². The van der Waals surface area contributed by atoms with Crippen molar-refractivity contribution in [2.24, 2.45) is 0 Å². The highest BCUT2D eigenvalue weighted by molar-refractivity contribution is 5.99. The summed E-state index contributed by atoms with van der Waals surface area (Å²) in [6.07, 6.45) is 2.16. The van der Waals surface area contributed by atoms with Gasteiger partial charge in [-0.05, 0) is 45.8 Å². The van der Waals surface area contributed by atoms with Gasteiger partial charge in [0.2, 0.25) is 0 Å². The van der Waals surface area contributed by atoms with Gasteiger partial charge in [0.15, 0.2) is 5.76 Å². The van der Waals surface area contributed by atoms with Gasteiger partial charge < -0.3 is 14.6 Å². The fourth-order valence-corrected chi connectivity index (χ4v) is 3.14. The highest BCUT2D eigenvalue weighted by Crippen LogP contribution is 2.27. The van der Waals surface area contributed by atoms with Gasteiger partial charge in [0.05, 0.1) is 0 Å². The van der Waals surface area contributed by atoms with E-state index in [1.165, 1.54) is 0 Å². The number of benzene rings is 1. The Bertz CT molecular complexity index is 675. The van der Waals surface area contributed by atoms with Gasteiger partial charge in [-0.1, -0.05) is 18.2 Å². The van der Waals surface area contributed by atoms with Crippen molar-refractivity contribution in [2.45, 2.75) is 32.7 Å². The molecule has 1 unspecified atom stereocenters. The first-order valence-corrected chi connectivity index (χ1v) is 7.54. The van der Waals surface area contributed by atoms with E-state index < -0.39 is 0 Å².